The number of guanidine groups is 1. The van der Waals surface area contributed by atoms with E-state index in [0.717, 1.165) is 34.9 Å². The second kappa shape index (κ2) is 12.8. The Morgan fingerprint density at radius 2 is 1.69 bits per heavy atom. The fourth-order valence-corrected chi connectivity index (χ4v) is 2.78. The highest BCUT2D eigenvalue weighted by atomic mass is 16.5. The summed E-state index contributed by atoms with van der Waals surface area (Å²) in [6, 6.07) is 14.5. The van der Waals surface area contributed by atoms with Crippen LogP contribution in [0.15, 0.2) is 47.5 Å². The van der Waals surface area contributed by atoms with E-state index in [9.17, 15) is 0 Å². The standard InChI is InChI=1S/C23H33N3O3/c1-5-24-23(25-15-19-7-9-20(10-8-19)17-28-4)26-16-21-11-6-18(2)14-22(21)29-13-12-27-3/h6-11,14H,5,12-13,15-17H2,1-4H3,(H2,24,25,26). The molecule has 0 radical (unpaired) electrons. The number of methoxy groups -OCH3 is 2. The van der Waals surface area contributed by atoms with Crippen LogP contribution in [-0.2, 0) is 29.2 Å². The summed E-state index contributed by atoms with van der Waals surface area (Å²) in [5.41, 5.74) is 4.56. The second-order valence-corrected chi connectivity index (χ2v) is 6.75. The summed E-state index contributed by atoms with van der Waals surface area (Å²) in [5.74, 6) is 1.65. The van der Waals surface area contributed by atoms with E-state index in [1.165, 1.54) is 5.56 Å². The Balaban J connectivity index is 2.00. The van der Waals surface area contributed by atoms with Gasteiger partial charge in [-0.3, -0.25) is 0 Å². The van der Waals surface area contributed by atoms with Crippen LogP contribution in [0, 0.1) is 6.92 Å². The smallest absolute Gasteiger partial charge is 0.191 e. The molecular weight excluding hydrogens is 366 g/mol. The zero-order valence-electron chi connectivity index (χ0n) is 18.0. The van der Waals surface area contributed by atoms with Crippen molar-refractivity contribution in [2.24, 2.45) is 4.99 Å². The average Bonchev–Trinajstić information content (AvgIpc) is 2.72. The molecule has 0 spiro atoms. The van der Waals surface area contributed by atoms with Crippen molar-refractivity contribution in [1.29, 1.82) is 0 Å². The molecule has 2 rings (SSSR count). The van der Waals surface area contributed by atoms with E-state index in [0.29, 0.717) is 32.9 Å². The van der Waals surface area contributed by atoms with Crippen molar-refractivity contribution in [2.75, 3.05) is 34.0 Å². The predicted octanol–water partition coefficient (Wildman–Crippen LogP) is 3.42. The molecule has 29 heavy (non-hydrogen) atoms. The molecule has 2 aromatic rings. The van der Waals surface area contributed by atoms with Gasteiger partial charge in [0, 0.05) is 32.9 Å². The number of ether oxygens (including phenoxy) is 3. The molecule has 0 aromatic heterocycles. The Morgan fingerprint density at radius 1 is 0.931 bits per heavy atom. The van der Waals surface area contributed by atoms with Crippen LogP contribution >= 0.6 is 0 Å². The molecule has 0 fully saturated rings. The van der Waals surface area contributed by atoms with Crippen molar-refractivity contribution in [2.45, 2.75) is 33.5 Å². The Labute approximate surface area is 174 Å². The molecule has 6 heteroatoms. The van der Waals surface area contributed by atoms with Crippen LogP contribution in [0.25, 0.3) is 0 Å². The summed E-state index contributed by atoms with van der Waals surface area (Å²) in [5, 5.41) is 6.69. The molecule has 0 bridgehead atoms. The molecule has 0 saturated carbocycles. The normalized spacial score (nSPS) is 11.4. The molecule has 0 saturated heterocycles. The lowest BCUT2D eigenvalue weighted by Gasteiger charge is -2.15. The van der Waals surface area contributed by atoms with Gasteiger partial charge in [-0.25, -0.2) is 4.99 Å². The Hall–Kier alpha value is -2.57. The van der Waals surface area contributed by atoms with Gasteiger partial charge in [0.2, 0.25) is 0 Å². The molecule has 6 nitrogen and oxygen atoms in total. The van der Waals surface area contributed by atoms with E-state index in [1.807, 2.05) is 0 Å². The van der Waals surface area contributed by atoms with Gasteiger partial charge < -0.3 is 24.8 Å². The summed E-state index contributed by atoms with van der Waals surface area (Å²) in [6.45, 7) is 7.86. The van der Waals surface area contributed by atoms with Crippen LogP contribution in [0.5, 0.6) is 5.75 Å². The van der Waals surface area contributed by atoms with E-state index in [4.69, 9.17) is 19.2 Å². The maximum atomic E-state index is 5.88. The summed E-state index contributed by atoms with van der Waals surface area (Å²) < 4.78 is 16.1. The molecular formula is C23H33N3O3. The highest BCUT2D eigenvalue weighted by molar-refractivity contribution is 5.79. The molecule has 0 aliphatic rings. The van der Waals surface area contributed by atoms with Crippen molar-refractivity contribution >= 4 is 5.96 Å². The van der Waals surface area contributed by atoms with Crippen LogP contribution in [0.3, 0.4) is 0 Å². The molecule has 0 aliphatic carbocycles. The van der Waals surface area contributed by atoms with Gasteiger partial charge in [0.1, 0.15) is 12.4 Å². The number of benzene rings is 2. The Bertz CT molecular complexity index is 760. The van der Waals surface area contributed by atoms with Crippen LogP contribution in [0.4, 0.5) is 0 Å². The van der Waals surface area contributed by atoms with Gasteiger partial charge in [0.15, 0.2) is 5.96 Å². The van der Waals surface area contributed by atoms with E-state index in [2.05, 4.69) is 66.9 Å². The minimum atomic E-state index is 0.528. The van der Waals surface area contributed by atoms with Gasteiger partial charge in [-0.2, -0.15) is 0 Å². The van der Waals surface area contributed by atoms with Crippen molar-refractivity contribution in [3.63, 3.8) is 0 Å². The third-order valence-electron chi connectivity index (χ3n) is 4.31. The van der Waals surface area contributed by atoms with Crippen LogP contribution in [0.1, 0.15) is 29.2 Å². The van der Waals surface area contributed by atoms with Gasteiger partial charge in [0.25, 0.3) is 0 Å². The Kier molecular flexibility index (Phi) is 10.0. The van der Waals surface area contributed by atoms with E-state index in [1.54, 1.807) is 14.2 Å². The van der Waals surface area contributed by atoms with Crippen molar-refractivity contribution in [3.8, 4) is 5.75 Å². The van der Waals surface area contributed by atoms with Gasteiger partial charge in [-0.15, -0.1) is 0 Å². The number of nitrogens with one attached hydrogen (secondary N) is 2. The number of hydrogen-bond acceptors (Lipinski definition) is 4. The molecule has 0 unspecified atom stereocenters. The van der Waals surface area contributed by atoms with Crippen LogP contribution in [0.2, 0.25) is 0 Å². The lowest BCUT2D eigenvalue weighted by atomic mass is 10.1. The number of nitrogens with zero attached hydrogens (tertiary/aromatic N) is 1. The molecule has 0 heterocycles. The highest BCUT2D eigenvalue weighted by Gasteiger charge is 2.06. The monoisotopic (exact) mass is 399 g/mol. The zero-order valence-corrected chi connectivity index (χ0v) is 18.0. The topological polar surface area (TPSA) is 64.1 Å². The zero-order chi connectivity index (χ0) is 20.9. The minimum absolute atomic E-state index is 0.528. The maximum absolute atomic E-state index is 5.88. The fraction of sp³-hybridized carbons (Fsp3) is 0.435. The first-order valence-corrected chi connectivity index (χ1v) is 9.96. The average molecular weight is 400 g/mol. The number of hydrogen-bond donors (Lipinski definition) is 2. The van der Waals surface area contributed by atoms with Crippen LogP contribution < -0.4 is 15.4 Å². The molecule has 2 N–H and O–H groups in total. The molecule has 158 valence electrons. The first-order valence-electron chi connectivity index (χ1n) is 9.96. The van der Waals surface area contributed by atoms with E-state index in [-0.39, 0.29) is 0 Å². The van der Waals surface area contributed by atoms with Gasteiger partial charge in [-0.05, 0) is 36.6 Å². The number of aliphatic imine (C=N–C) groups is 1. The third-order valence-corrected chi connectivity index (χ3v) is 4.31. The number of aryl methyl sites for hydroxylation is 1. The summed E-state index contributed by atoms with van der Waals surface area (Å²) in [4.78, 5) is 4.70. The van der Waals surface area contributed by atoms with Crippen molar-refractivity contribution < 1.29 is 14.2 Å². The molecule has 0 aliphatic heterocycles. The first kappa shape index (κ1) is 22.7. The van der Waals surface area contributed by atoms with Gasteiger partial charge >= 0.3 is 0 Å². The number of rotatable bonds is 11. The van der Waals surface area contributed by atoms with Gasteiger partial charge in [-0.1, -0.05) is 36.4 Å². The molecule has 0 atom stereocenters. The minimum Gasteiger partial charge on any atom is -0.491 e. The largest absolute Gasteiger partial charge is 0.491 e. The summed E-state index contributed by atoms with van der Waals surface area (Å²) >= 11 is 0. The fourth-order valence-electron chi connectivity index (χ4n) is 2.78. The summed E-state index contributed by atoms with van der Waals surface area (Å²) in [6.07, 6.45) is 0. The second-order valence-electron chi connectivity index (χ2n) is 6.75. The van der Waals surface area contributed by atoms with Crippen molar-refractivity contribution in [3.05, 3.63) is 64.7 Å². The molecule has 0 amide bonds. The maximum Gasteiger partial charge on any atom is 0.191 e. The molecule has 2 aromatic carbocycles. The van der Waals surface area contributed by atoms with Crippen molar-refractivity contribution in [1.82, 2.24) is 10.6 Å². The van der Waals surface area contributed by atoms with Gasteiger partial charge in [0.05, 0.1) is 19.8 Å². The third kappa shape index (κ3) is 8.13. The first-order chi connectivity index (χ1) is 14.2. The van der Waals surface area contributed by atoms with E-state index >= 15 is 0 Å². The Morgan fingerprint density at radius 3 is 2.38 bits per heavy atom. The van der Waals surface area contributed by atoms with E-state index < -0.39 is 0 Å². The summed E-state index contributed by atoms with van der Waals surface area (Å²) in [7, 11) is 3.38. The quantitative estimate of drug-likeness (QED) is 0.344. The SMILES string of the molecule is CCNC(=NCc1ccc(COC)cc1)NCc1ccc(C)cc1OCCOC. The highest BCUT2D eigenvalue weighted by Crippen LogP contribution is 2.20. The van der Waals surface area contributed by atoms with Crippen LogP contribution in [-0.4, -0.2) is 39.9 Å². The lowest BCUT2D eigenvalue weighted by Crippen LogP contribution is -2.36. The predicted molar refractivity (Wildman–Crippen MR) is 117 cm³/mol. The lowest BCUT2D eigenvalue weighted by molar-refractivity contribution is 0.145.